The molecule has 1 aromatic heterocycles. The third-order valence-corrected chi connectivity index (χ3v) is 3.69. The van der Waals surface area contributed by atoms with E-state index in [9.17, 15) is 4.79 Å². The minimum atomic E-state index is -0.816. The molecular weight excluding hydrogens is 288 g/mol. The van der Waals surface area contributed by atoms with E-state index in [1.807, 2.05) is 32.9 Å². The molecule has 1 atom stereocenters. The van der Waals surface area contributed by atoms with Gasteiger partial charge in [-0.3, -0.25) is 9.78 Å². The lowest BCUT2D eigenvalue weighted by Crippen LogP contribution is -2.36. The molecule has 0 spiro atoms. The van der Waals surface area contributed by atoms with Gasteiger partial charge in [0, 0.05) is 28.3 Å². The quantitative estimate of drug-likeness (QED) is 0.889. The number of nitrogens with one attached hydrogen (secondary N) is 1. The van der Waals surface area contributed by atoms with Crippen LogP contribution in [0.3, 0.4) is 0 Å². The van der Waals surface area contributed by atoms with Crippen molar-refractivity contribution in [3.63, 3.8) is 0 Å². The summed E-state index contributed by atoms with van der Waals surface area (Å²) in [6.07, 6.45) is 1.75. The first kappa shape index (κ1) is 15.6. The Bertz CT molecular complexity index is 665. The first-order valence-corrected chi connectivity index (χ1v) is 7.18. The van der Waals surface area contributed by atoms with Crippen molar-refractivity contribution in [1.82, 2.24) is 4.98 Å². The van der Waals surface area contributed by atoms with Crippen molar-refractivity contribution >= 4 is 34.2 Å². The number of pyridine rings is 1. The van der Waals surface area contributed by atoms with E-state index in [1.165, 1.54) is 0 Å². The lowest BCUT2D eigenvalue weighted by atomic mass is 9.84. The number of anilines is 1. The summed E-state index contributed by atoms with van der Waals surface area (Å²) in [7, 11) is 0. The zero-order valence-corrected chi connectivity index (χ0v) is 13.1. The highest BCUT2D eigenvalue weighted by atomic mass is 35.5. The van der Waals surface area contributed by atoms with Crippen molar-refractivity contribution in [3.05, 3.63) is 35.5 Å². The SMILES string of the molecule is CC(C)(C)C(CC(=O)O)Nc1ccnc2cc(Cl)ccc12. The first-order chi connectivity index (χ1) is 9.77. The molecule has 0 fully saturated rings. The lowest BCUT2D eigenvalue weighted by Gasteiger charge is -2.31. The van der Waals surface area contributed by atoms with Crippen LogP contribution in [0.2, 0.25) is 5.02 Å². The molecule has 2 aromatic rings. The topological polar surface area (TPSA) is 62.2 Å². The molecule has 2 N–H and O–H groups in total. The normalized spacial score (nSPS) is 13.1. The zero-order valence-electron chi connectivity index (χ0n) is 12.4. The number of hydrogen-bond donors (Lipinski definition) is 2. The summed E-state index contributed by atoms with van der Waals surface area (Å²) in [4.78, 5) is 15.4. The Kier molecular flexibility index (Phi) is 4.37. The maximum absolute atomic E-state index is 11.1. The van der Waals surface area contributed by atoms with Crippen LogP contribution in [-0.2, 0) is 4.79 Å². The van der Waals surface area contributed by atoms with Gasteiger partial charge in [0.2, 0.25) is 0 Å². The van der Waals surface area contributed by atoms with Gasteiger partial charge in [0.05, 0.1) is 11.9 Å². The van der Waals surface area contributed by atoms with Gasteiger partial charge in [0.25, 0.3) is 0 Å². The first-order valence-electron chi connectivity index (χ1n) is 6.80. The molecule has 0 amide bonds. The largest absolute Gasteiger partial charge is 0.481 e. The summed E-state index contributed by atoms with van der Waals surface area (Å²) >= 11 is 5.98. The summed E-state index contributed by atoms with van der Waals surface area (Å²) in [5.74, 6) is -0.816. The Morgan fingerprint density at radius 1 is 1.38 bits per heavy atom. The van der Waals surface area contributed by atoms with Crippen molar-refractivity contribution in [2.24, 2.45) is 5.41 Å². The van der Waals surface area contributed by atoms with Gasteiger partial charge in [-0.25, -0.2) is 0 Å². The summed E-state index contributed by atoms with van der Waals surface area (Å²) in [6, 6.07) is 7.17. The number of aromatic nitrogens is 1. The number of carboxylic acid groups (broad SMARTS) is 1. The fourth-order valence-corrected chi connectivity index (χ4v) is 2.35. The number of fused-ring (bicyclic) bond motifs is 1. The minimum Gasteiger partial charge on any atom is -0.481 e. The molecule has 5 heteroatoms. The lowest BCUT2D eigenvalue weighted by molar-refractivity contribution is -0.137. The Morgan fingerprint density at radius 3 is 2.71 bits per heavy atom. The number of nitrogens with zero attached hydrogens (tertiary/aromatic N) is 1. The van der Waals surface area contributed by atoms with Gasteiger partial charge in [0.1, 0.15) is 0 Å². The molecule has 0 saturated heterocycles. The molecule has 1 heterocycles. The van der Waals surface area contributed by atoms with Crippen LogP contribution < -0.4 is 5.32 Å². The molecule has 21 heavy (non-hydrogen) atoms. The van der Waals surface area contributed by atoms with E-state index in [2.05, 4.69) is 10.3 Å². The van der Waals surface area contributed by atoms with E-state index in [0.717, 1.165) is 16.6 Å². The Hall–Kier alpha value is -1.81. The predicted octanol–water partition coefficient (Wildman–Crippen LogP) is 4.19. The minimum absolute atomic E-state index is 0.0565. The second-order valence-corrected chi connectivity index (χ2v) is 6.62. The van der Waals surface area contributed by atoms with Crippen molar-refractivity contribution in [2.75, 3.05) is 5.32 Å². The van der Waals surface area contributed by atoms with Gasteiger partial charge in [-0.1, -0.05) is 32.4 Å². The molecular formula is C16H19ClN2O2. The van der Waals surface area contributed by atoms with E-state index < -0.39 is 5.97 Å². The van der Waals surface area contributed by atoms with Gasteiger partial charge >= 0.3 is 5.97 Å². The monoisotopic (exact) mass is 306 g/mol. The molecule has 1 aromatic carbocycles. The van der Waals surface area contributed by atoms with Crippen LogP contribution in [-0.4, -0.2) is 22.1 Å². The number of carboxylic acids is 1. The molecule has 112 valence electrons. The van der Waals surface area contributed by atoms with E-state index in [0.29, 0.717) is 5.02 Å². The highest BCUT2D eigenvalue weighted by molar-refractivity contribution is 6.31. The van der Waals surface area contributed by atoms with Crippen LogP contribution in [0.5, 0.6) is 0 Å². The fraction of sp³-hybridized carbons (Fsp3) is 0.375. The van der Waals surface area contributed by atoms with Crippen LogP contribution in [0.25, 0.3) is 10.9 Å². The van der Waals surface area contributed by atoms with E-state index in [1.54, 1.807) is 18.3 Å². The standard InChI is InChI=1S/C16H19ClN2O2/c1-16(2,3)14(9-15(20)21)19-12-6-7-18-13-8-10(17)4-5-11(12)13/h4-8,14H,9H2,1-3H3,(H,18,19)(H,20,21). The summed E-state index contributed by atoms with van der Waals surface area (Å²) in [5.41, 5.74) is 1.48. The van der Waals surface area contributed by atoms with Gasteiger partial charge in [0.15, 0.2) is 0 Å². The molecule has 1 unspecified atom stereocenters. The maximum Gasteiger partial charge on any atom is 0.305 e. The number of rotatable bonds is 4. The van der Waals surface area contributed by atoms with Crippen molar-refractivity contribution < 1.29 is 9.90 Å². The van der Waals surface area contributed by atoms with E-state index in [4.69, 9.17) is 16.7 Å². The van der Waals surface area contributed by atoms with Crippen LogP contribution in [0.1, 0.15) is 27.2 Å². The third kappa shape index (κ3) is 3.85. The molecule has 0 radical (unpaired) electrons. The van der Waals surface area contributed by atoms with Crippen LogP contribution in [0.4, 0.5) is 5.69 Å². The summed E-state index contributed by atoms with van der Waals surface area (Å²) in [6.45, 7) is 6.07. The van der Waals surface area contributed by atoms with Crippen molar-refractivity contribution in [3.8, 4) is 0 Å². The van der Waals surface area contributed by atoms with Gasteiger partial charge in [-0.2, -0.15) is 0 Å². The average molecular weight is 307 g/mol. The maximum atomic E-state index is 11.1. The highest BCUT2D eigenvalue weighted by Gasteiger charge is 2.27. The molecule has 0 saturated carbocycles. The third-order valence-electron chi connectivity index (χ3n) is 3.46. The number of carbonyl (C=O) groups is 1. The molecule has 0 aliphatic rings. The second kappa shape index (κ2) is 5.90. The molecule has 4 nitrogen and oxygen atoms in total. The Labute approximate surface area is 129 Å². The number of aliphatic carboxylic acids is 1. The second-order valence-electron chi connectivity index (χ2n) is 6.18. The van der Waals surface area contributed by atoms with Gasteiger partial charge < -0.3 is 10.4 Å². The van der Waals surface area contributed by atoms with E-state index in [-0.39, 0.29) is 17.9 Å². The zero-order chi connectivity index (χ0) is 15.6. The van der Waals surface area contributed by atoms with Crippen LogP contribution >= 0.6 is 11.6 Å². The molecule has 0 aliphatic heterocycles. The molecule has 2 rings (SSSR count). The van der Waals surface area contributed by atoms with Crippen LogP contribution in [0.15, 0.2) is 30.5 Å². The molecule has 0 aliphatic carbocycles. The predicted molar refractivity (Wildman–Crippen MR) is 85.9 cm³/mol. The van der Waals surface area contributed by atoms with E-state index >= 15 is 0 Å². The van der Waals surface area contributed by atoms with Gasteiger partial charge in [-0.15, -0.1) is 0 Å². The number of halogens is 1. The molecule has 0 bridgehead atoms. The Morgan fingerprint density at radius 2 is 2.10 bits per heavy atom. The number of benzene rings is 1. The van der Waals surface area contributed by atoms with Crippen molar-refractivity contribution in [2.45, 2.75) is 33.2 Å². The fourth-order valence-electron chi connectivity index (χ4n) is 2.18. The van der Waals surface area contributed by atoms with Gasteiger partial charge in [-0.05, 0) is 29.7 Å². The van der Waals surface area contributed by atoms with Crippen LogP contribution in [0, 0.1) is 5.41 Å². The summed E-state index contributed by atoms with van der Waals surface area (Å²) in [5, 5.41) is 14.0. The average Bonchev–Trinajstić information content (AvgIpc) is 2.36. The van der Waals surface area contributed by atoms with Crippen molar-refractivity contribution in [1.29, 1.82) is 0 Å². The highest BCUT2D eigenvalue weighted by Crippen LogP contribution is 2.30. The number of hydrogen-bond acceptors (Lipinski definition) is 3. The summed E-state index contributed by atoms with van der Waals surface area (Å²) < 4.78 is 0. The Balaban J connectivity index is 2.39. The smallest absolute Gasteiger partial charge is 0.305 e.